The molecule has 11 heavy (non-hydrogen) atoms. The summed E-state index contributed by atoms with van der Waals surface area (Å²) in [4.78, 5) is 12.5. The zero-order valence-corrected chi connectivity index (χ0v) is 6.79. The van der Waals surface area contributed by atoms with Crippen molar-refractivity contribution in [3.05, 3.63) is 0 Å². The number of carbonyl (C=O) groups is 1. The normalized spacial score (nSPS) is 40.5. The van der Waals surface area contributed by atoms with Gasteiger partial charge in [-0.05, 0) is 25.3 Å². The lowest BCUT2D eigenvalue weighted by molar-refractivity contribution is -0.119. The second-order valence-electron chi connectivity index (χ2n) is 3.59. The lowest BCUT2D eigenvalue weighted by atomic mass is 10.2. The number of carbonyl (C=O) groups excluding carboxylic acids is 1. The summed E-state index contributed by atoms with van der Waals surface area (Å²) < 4.78 is 0. The van der Waals surface area contributed by atoms with Crippen LogP contribution >= 0.6 is 0 Å². The summed E-state index contributed by atoms with van der Waals surface area (Å²) >= 11 is 0. The number of likely N-dealkylation sites (tertiary alicyclic amines) is 1. The van der Waals surface area contributed by atoms with Crippen molar-refractivity contribution >= 4 is 6.41 Å². The Morgan fingerprint density at radius 3 is 3.18 bits per heavy atom. The smallest absolute Gasteiger partial charge is 0.210 e. The van der Waals surface area contributed by atoms with Crippen LogP contribution in [0.15, 0.2) is 0 Å². The molecule has 1 aliphatic carbocycles. The van der Waals surface area contributed by atoms with Crippen molar-refractivity contribution in [2.75, 3.05) is 20.1 Å². The maximum absolute atomic E-state index is 10.6. The van der Waals surface area contributed by atoms with Gasteiger partial charge in [-0.15, -0.1) is 0 Å². The Morgan fingerprint density at radius 1 is 1.73 bits per heavy atom. The molecule has 3 nitrogen and oxygen atoms in total. The van der Waals surface area contributed by atoms with Crippen molar-refractivity contribution in [1.82, 2.24) is 10.2 Å². The topological polar surface area (TPSA) is 32.3 Å². The monoisotopic (exact) mass is 154 g/mol. The highest BCUT2D eigenvalue weighted by Crippen LogP contribution is 2.48. The minimum absolute atomic E-state index is 0.488. The molecule has 1 saturated heterocycles. The Kier molecular flexibility index (Phi) is 1.60. The van der Waals surface area contributed by atoms with E-state index < -0.39 is 0 Å². The van der Waals surface area contributed by atoms with E-state index in [0.717, 1.165) is 31.3 Å². The quantitative estimate of drug-likeness (QED) is 0.565. The molecule has 0 aromatic carbocycles. The van der Waals surface area contributed by atoms with E-state index in [1.54, 1.807) is 0 Å². The summed E-state index contributed by atoms with van der Waals surface area (Å²) in [7, 11) is 1.94. The molecule has 3 heteroatoms. The summed E-state index contributed by atoms with van der Waals surface area (Å²) in [6.07, 6.45) is 2.34. The van der Waals surface area contributed by atoms with E-state index in [0.29, 0.717) is 6.04 Å². The van der Waals surface area contributed by atoms with E-state index in [1.165, 1.54) is 6.42 Å². The van der Waals surface area contributed by atoms with E-state index in [1.807, 2.05) is 11.9 Å². The van der Waals surface area contributed by atoms with Crippen LogP contribution in [0, 0.1) is 11.8 Å². The van der Waals surface area contributed by atoms with E-state index in [9.17, 15) is 4.79 Å². The van der Waals surface area contributed by atoms with E-state index in [4.69, 9.17) is 0 Å². The fourth-order valence-corrected chi connectivity index (χ4v) is 2.20. The van der Waals surface area contributed by atoms with Gasteiger partial charge < -0.3 is 10.2 Å². The lowest BCUT2D eigenvalue weighted by Crippen LogP contribution is -2.38. The van der Waals surface area contributed by atoms with Crippen LogP contribution in [0.3, 0.4) is 0 Å². The van der Waals surface area contributed by atoms with Crippen LogP contribution in [0.5, 0.6) is 0 Å². The molecule has 1 amide bonds. The highest BCUT2D eigenvalue weighted by molar-refractivity contribution is 5.49. The molecule has 2 unspecified atom stereocenters. The van der Waals surface area contributed by atoms with Gasteiger partial charge in [0, 0.05) is 19.1 Å². The number of amides is 1. The molecule has 0 spiro atoms. The average Bonchev–Trinajstić information content (AvgIpc) is 2.70. The standard InChI is InChI=1S/C8H14N2O/c1-9-3-8-7-2-6(7)4-10(8)5-11/h5-9H,2-4H2,1H3/t6-,7?,8?/m1/s1. The van der Waals surface area contributed by atoms with E-state index in [2.05, 4.69) is 5.32 Å². The molecule has 1 aliphatic heterocycles. The van der Waals surface area contributed by atoms with Crippen molar-refractivity contribution in [1.29, 1.82) is 0 Å². The summed E-state index contributed by atoms with van der Waals surface area (Å²) in [6, 6.07) is 0.488. The number of piperidine rings is 1. The third kappa shape index (κ3) is 1.03. The number of nitrogens with one attached hydrogen (secondary N) is 1. The van der Waals surface area contributed by atoms with Crippen LogP contribution in [-0.4, -0.2) is 37.5 Å². The second kappa shape index (κ2) is 2.48. The molecule has 2 aliphatic rings. The first kappa shape index (κ1) is 7.10. The van der Waals surface area contributed by atoms with Crippen LogP contribution in [0.1, 0.15) is 6.42 Å². The summed E-state index contributed by atoms with van der Waals surface area (Å²) in [6.45, 7) is 1.96. The molecule has 1 saturated carbocycles. The molecule has 0 bridgehead atoms. The van der Waals surface area contributed by atoms with Crippen LogP contribution in [0.2, 0.25) is 0 Å². The summed E-state index contributed by atoms with van der Waals surface area (Å²) in [5, 5.41) is 3.13. The third-order valence-corrected chi connectivity index (χ3v) is 2.89. The number of likely N-dealkylation sites (N-methyl/N-ethyl adjacent to an activating group) is 1. The molecule has 62 valence electrons. The zero-order valence-electron chi connectivity index (χ0n) is 6.79. The van der Waals surface area contributed by atoms with Crippen LogP contribution in [-0.2, 0) is 4.79 Å². The van der Waals surface area contributed by atoms with E-state index >= 15 is 0 Å². The molecule has 0 aromatic heterocycles. The van der Waals surface area contributed by atoms with Gasteiger partial charge in [0.2, 0.25) is 6.41 Å². The average molecular weight is 154 g/mol. The maximum atomic E-state index is 10.6. The van der Waals surface area contributed by atoms with Crippen molar-refractivity contribution < 1.29 is 4.79 Å². The molecule has 2 fully saturated rings. The highest BCUT2D eigenvalue weighted by Gasteiger charge is 2.51. The molecular weight excluding hydrogens is 140 g/mol. The number of nitrogens with zero attached hydrogens (tertiary/aromatic N) is 1. The van der Waals surface area contributed by atoms with Crippen LogP contribution < -0.4 is 5.32 Å². The van der Waals surface area contributed by atoms with Crippen LogP contribution in [0.25, 0.3) is 0 Å². The molecule has 3 atom stereocenters. The van der Waals surface area contributed by atoms with Gasteiger partial charge in [0.05, 0.1) is 0 Å². The fourth-order valence-electron chi connectivity index (χ4n) is 2.20. The number of fused-ring (bicyclic) bond motifs is 1. The first-order valence-electron chi connectivity index (χ1n) is 4.22. The molecule has 1 heterocycles. The minimum Gasteiger partial charge on any atom is -0.340 e. The Morgan fingerprint density at radius 2 is 2.55 bits per heavy atom. The largest absolute Gasteiger partial charge is 0.340 e. The Hall–Kier alpha value is -0.570. The Balaban J connectivity index is 1.97. The number of rotatable bonds is 3. The highest BCUT2D eigenvalue weighted by atomic mass is 16.1. The van der Waals surface area contributed by atoms with Gasteiger partial charge in [-0.25, -0.2) is 0 Å². The Labute approximate surface area is 66.8 Å². The molecular formula is C8H14N2O. The van der Waals surface area contributed by atoms with Gasteiger partial charge in [0.15, 0.2) is 0 Å². The van der Waals surface area contributed by atoms with Crippen molar-refractivity contribution in [2.24, 2.45) is 11.8 Å². The summed E-state index contributed by atoms with van der Waals surface area (Å²) in [5.74, 6) is 1.64. The lowest BCUT2D eigenvalue weighted by Gasteiger charge is -2.22. The van der Waals surface area contributed by atoms with Gasteiger partial charge in [-0.3, -0.25) is 4.79 Å². The predicted octanol–water partition coefficient (Wildman–Crippen LogP) is -0.317. The SMILES string of the molecule is CNCC1C2C[C@@H]2CN1C=O. The van der Waals surface area contributed by atoms with Gasteiger partial charge in [-0.1, -0.05) is 0 Å². The molecule has 1 N–H and O–H groups in total. The molecule has 0 aromatic rings. The van der Waals surface area contributed by atoms with Crippen LogP contribution in [0.4, 0.5) is 0 Å². The third-order valence-electron chi connectivity index (χ3n) is 2.89. The minimum atomic E-state index is 0.488. The number of hydrogen-bond donors (Lipinski definition) is 1. The first-order valence-corrected chi connectivity index (χ1v) is 4.22. The second-order valence-corrected chi connectivity index (χ2v) is 3.59. The Bertz CT molecular complexity index is 171. The fraction of sp³-hybridized carbons (Fsp3) is 0.875. The predicted molar refractivity (Wildman–Crippen MR) is 42.1 cm³/mol. The van der Waals surface area contributed by atoms with Gasteiger partial charge >= 0.3 is 0 Å². The van der Waals surface area contributed by atoms with Crippen molar-refractivity contribution in [3.63, 3.8) is 0 Å². The maximum Gasteiger partial charge on any atom is 0.210 e. The van der Waals surface area contributed by atoms with Gasteiger partial charge in [-0.2, -0.15) is 0 Å². The van der Waals surface area contributed by atoms with Gasteiger partial charge in [0.1, 0.15) is 0 Å². The zero-order chi connectivity index (χ0) is 7.84. The number of hydrogen-bond acceptors (Lipinski definition) is 2. The van der Waals surface area contributed by atoms with Crippen molar-refractivity contribution in [3.8, 4) is 0 Å². The molecule has 0 radical (unpaired) electrons. The first-order chi connectivity index (χ1) is 5.36. The molecule has 2 rings (SSSR count). The van der Waals surface area contributed by atoms with Crippen molar-refractivity contribution in [2.45, 2.75) is 12.5 Å². The van der Waals surface area contributed by atoms with E-state index in [-0.39, 0.29) is 0 Å². The summed E-state index contributed by atoms with van der Waals surface area (Å²) in [5.41, 5.74) is 0. The van der Waals surface area contributed by atoms with Gasteiger partial charge in [0.25, 0.3) is 0 Å².